The number of hydrogen-bond acceptors (Lipinski definition) is 2. The fourth-order valence-corrected chi connectivity index (χ4v) is 2.44. The minimum Gasteiger partial charge on any atom is -0.487 e. The molecule has 0 atom stereocenters. The van der Waals surface area contributed by atoms with Gasteiger partial charge in [0.05, 0.1) is 10.5 Å². The summed E-state index contributed by atoms with van der Waals surface area (Å²) < 4.78 is 7.48. The van der Waals surface area contributed by atoms with Gasteiger partial charge in [0, 0.05) is 18.0 Å². The summed E-state index contributed by atoms with van der Waals surface area (Å²) in [5, 5.41) is 1.40. The highest BCUT2D eigenvalue weighted by atomic mass is 35.5. The summed E-state index contributed by atoms with van der Waals surface area (Å²) in [6, 6.07) is 5.60. The van der Waals surface area contributed by atoms with Crippen LogP contribution in [0.4, 0.5) is 0 Å². The summed E-state index contributed by atoms with van der Waals surface area (Å²) in [5.74, 6) is 0.621. The first-order chi connectivity index (χ1) is 8.70. The number of carbonyl (C=O) groups is 1. The number of ether oxygens (including phenoxy) is 1. The van der Waals surface area contributed by atoms with Crippen LogP contribution in [0.1, 0.15) is 38.2 Å². The minimum atomic E-state index is -0.310. The van der Waals surface area contributed by atoms with Crippen molar-refractivity contribution >= 4 is 28.4 Å². The number of aryl methyl sites for hydroxylation is 1. The Morgan fingerprint density at radius 3 is 2.47 bits per heavy atom. The van der Waals surface area contributed by atoms with Gasteiger partial charge in [0.25, 0.3) is 0 Å². The highest BCUT2D eigenvalue weighted by molar-refractivity contribution is 6.37. The van der Waals surface area contributed by atoms with Crippen molar-refractivity contribution in [1.29, 1.82) is 0 Å². The van der Waals surface area contributed by atoms with E-state index in [-0.39, 0.29) is 11.5 Å². The van der Waals surface area contributed by atoms with Crippen LogP contribution in [0, 0.1) is 6.92 Å². The van der Waals surface area contributed by atoms with E-state index in [1.807, 2.05) is 45.9 Å². The summed E-state index contributed by atoms with van der Waals surface area (Å²) in [7, 11) is 0. The Morgan fingerprint density at radius 2 is 1.95 bits per heavy atom. The zero-order valence-electron chi connectivity index (χ0n) is 11.9. The van der Waals surface area contributed by atoms with Gasteiger partial charge in [-0.3, -0.25) is 9.36 Å². The lowest BCUT2D eigenvalue weighted by atomic mass is 10.2. The van der Waals surface area contributed by atoms with Crippen LogP contribution in [0.25, 0.3) is 10.9 Å². The lowest BCUT2D eigenvalue weighted by Gasteiger charge is -2.22. The number of nitrogens with zero attached hydrogens (tertiary/aromatic N) is 1. The first-order valence-electron chi connectivity index (χ1n) is 6.21. The van der Waals surface area contributed by atoms with E-state index >= 15 is 0 Å². The molecule has 0 aliphatic carbocycles. The molecule has 2 rings (SSSR count). The molecule has 1 heterocycles. The van der Waals surface area contributed by atoms with Crippen molar-refractivity contribution < 1.29 is 9.53 Å². The van der Waals surface area contributed by atoms with Crippen LogP contribution in [0.2, 0.25) is 5.02 Å². The summed E-state index contributed by atoms with van der Waals surface area (Å²) in [6.45, 7) is 9.35. The third kappa shape index (κ3) is 2.61. The summed E-state index contributed by atoms with van der Waals surface area (Å²) in [4.78, 5) is 11.7. The first kappa shape index (κ1) is 13.9. The quantitative estimate of drug-likeness (QED) is 0.773. The number of hydrogen-bond donors (Lipinski definition) is 0. The molecule has 0 saturated heterocycles. The van der Waals surface area contributed by atoms with Crippen molar-refractivity contribution in [3.8, 4) is 5.75 Å². The Morgan fingerprint density at radius 1 is 1.32 bits per heavy atom. The highest BCUT2D eigenvalue weighted by Crippen LogP contribution is 2.36. The lowest BCUT2D eigenvalue weighted by Crippen LogP contribution is -2.23. The van der Waals surface area contributed by atoms with Gasteiger partial charge >= 0.3 is 0 Å². The van der Waals surface area contributed by atoms with Crippen LogP contribution in [0.3, 0.4) is 0 Å². The van der Waals surface area contributed by atoms with Gasteiger partial charge in [-0.2, -0.15) is 0 Å². The number of fused-ring (bicyclic) bond motifs is 1. The Bertz CT molecular complexity index is 650. The zero-order chi connectivity index (χ0) is 14.4. The van der Waals surface area contributed by atoms with E-state index in [2.05, 4.69) is 0 Å². The van der Waals surface area contributed by atoms with Crippen molar-refractivity contribution in [2.24, 2.45) is 0 Å². The number of benzene rings is 1. The molecule has 0 aliphatic heterocycles. The average Bonchev–Trinajstić information content (AvgIpc) is 2.58. The van der Waals surface area contributed by atoms with Gasteiger partial charge in [0.1, 0.15) is 11.4 Å². The van der Waals surface area contributed by atoms with Crippen molar-refractivity contribution in [1.82, 2.24) is 4.57 Å². The molecule has 0 aliphatic rings. The molecule has 2 aromatic rings. The molecule has 0 unspecified atom stereocenters. The fourth-order valence-electron chi connectivity index (χ4n) is 2.19. The van der Waals surface area contributed by atoms with E-state index in [0.29, 0.717) is 10.8 Å². The zero-order valence-corrected chi connectivity index (χ0v) is 12.6. The van der Waals surface area contributed by atoms with Crippen LogP contribution in [-0.2, 0) is 0 Å². The summed E-state index contributed by atoms with van der Waals surface area (Å²) in [5.41, 5.74) is 1.38. The van der Waals surface area contributed by atoms with E-state index in [0.717, 1.165) is 16.6 Å². The van der Waals surface area contributed by atoms with Crippen LogP contribution in [-0.4, -0.2) is 16.1 Å². The minimum absolute atomic E-state index is 0.0203. The molecule has 19 heavy (non-hydrogen) atoms. The van der Waals surface area contributed by atoms with E-state index in [9.17, 15) is 4.79 Å². The monoisotopic (exact) mass is 279 g/mol. The SMILES string of the molecule is CC(=O)n1c(C)cc2c(Cl)c(OC(C)(C)C)ccc21. The first-order valence-corrected chi connectivity index (χ1v) is 6.59. The highest BCUT2D eigenvalue weighted by Gasteiger charge is 2.18. The van der Waals surface area contributed by atoms with Crippen molar-refractivity contribution in [2.45, 2.75) is 40.2 Å². The standard InChI is InChI=1S/C15H18ClNO2/c1-9-8-11-12(17(9)10(2)18)6-7-13(14(11)16)19-15(3,4)5/h6-8H,1-5H3. The van der Waals surface area contributed by atoms with Gasteiger partial charge in [-0.1, -0.05) is 11.6 Å². The molecule has 1 aromatic heterocycles. The second-order valence-corrected chi connectivity index (χ2v) is 6.04. The van der Waals surface area contributed by atoms with Gasteiger partial charge in [-0.25, -0.2) is 0 Å². The van der Waals surface area contributed by atoms with Crippen molar-refractivity contribution in [2.75, 3.05) is 0 Å². The summed E-state index contributed by atoms with van der Waals surface area (Å²) in [6.07, 6.45) is 0. The van der Waals surface area contributed by atoms with Gasteiger partial charge < -0.3 is 4.74 Å². The van der Waals surface area contributed by atoms with Crippen LogP contribution < -0.4 is 4.74 Å². The molecule has 1 aromatic carbocycles. The Kier molecular flexibility index (Phi) is 3.35. The van der Waals surface area contributed by atoms with Gasteiger partial charge in [-0.05, 0) is 45.9 Å². The largest absolute Gasteiger partial charge is 0.487 e. The Hall–Kier alpha value is -1.48. The number of halogens is 1. The maximum Gasteiger partial charge on any atom is 0.228 e. The van der Waals surface area contributed by atoms with E-state index in [4.69, 9.17) is 16.3 Å². The number of rotatable bonds is 1. The topological polar surface area (TPSA) is 31.2 Å². The second kappa shape index (κ2) is 4.57. The average molecular weight is 280 g/mol. The van der Waals surface area contributed by atoms with Crippen LogP contribution in [0.5, 0.6) is 5.75 Å². The third-order valence-corrected chi connectivity index (χ3v) is 3.19. The van der Waals surface area contributed by atoms with Gasteiger partial charge in [-0.15, -0.1) is 0 Å². The molecular weight excluding hydrogens is 262 g/mol. The lowest BCUT2D eigenvalue weighted by molar-refractivity contribution is 0.0939. The predicted molar refractivity (Wildman–Crippen MR) is 78.4 cm³/mol. The van der Waals surface area contributed by atoms with Crippen molar-refractivity contribution in [3.05, 3.63) is 28.9 Å². The second-order valence-electron chi connectivity index (χ2n) is 5.67. The van der Waals surface area contributed by atoms with E-state index in [1.54, 1.807) is 11.5 Å². The third-order valence-electron chi connectivity index (χ3n) is 2.80. The molecule has 4 heteroatoms. The molecule has 0 spiro atoms. The molecule has 0 saturated carbocycles. The molecule has 0 bridgehead atoms. The predicted octanol–water partition coefficient (Wildman–Crippen LogP) is 4.44. The normalized spacial score (nSPS) is 11.9. The maximum atomic E-state index is 11.7. The maximum absolute atomic E-state index is 11.7. The number of aromatic nitrogens is 1. The fraction of sp³-hybridized carbons (Fsp3) is 0.400. The molecule has 0 amide bonds. The van der Waals surface area contributed by atoms with E-state index < -0.39 is 0 Å². The summed E-state index contributed by atoms with van der Waals surface area (Å²) >= 11 is 6.39. The molecule has 3 nitrogen and oxygen atoms in total. The molecule has 0 N–H and O–H groups in total. The van der Waals surface area contributed by atoms with Gasteiger partial charge in [0.15, 0.2) is 0 Å². The smallest absolute Gasteiger partial charge is 0.228 e. The van der Waals surface area contributed by atoms with E-state index in [1.165, 1.54) is 0 Å². The van der Waals surface area contributed by atoms with Crippen LogP contribution >= 0.6 is 11.6 Å². The van der Waals surface area contributed by atoms with Gasteiger partial charge in [0.2, 0.25) is 5.91 Å². The molecule has 0 fully saturated rings. The van der Waals surface area contributed by atoms with Crippen LogP contribution in [0.15, 0.2) is 18.2 Å². The molecular formula is C15H18ClNO2. The molecule has 0 radical (unpaired) electrons. The molecule has 102 valence electrons. The Labute approximate surface area is 118 Å². The van der Waals surface area contributed by atoms with Crippen molar-refractivity contribution in [3.63, 3.8) is 0 Å². The number of carbonyl (C=O) groups excluding carboxylic acids is 1. The Balaban J connectivity index is 2.64.